The van der Waals surface area contributed by atoms with E-state index in [2.05, 4.69) is 4.98 Å². The van der Waals surface area contributed by atoms with Gasteiger partial charge in [-0.1, -0.05) is 6.07 Å². The average Bonchev–Trinajstić information content (AvgIpc) is 2.32. The normalized spacial score (nSPS) is 9.88. The second-order valence-electron chi connectivity index (χ2n) is 3.74. The van der Waals surface area contributed by atoms with Gasteiger partial charge in [0.05, 0.1) is 12.2 Å². The zero-order valence-electron chi connectivity index (χ0n) is 9.42. The molecule has 0 fully saturated rings. The van der Waals surface area contributed by atoms with Gasteiger partial charge in [-0.2, -0.15) is 5.26 Å². The Hall–Kier alpha value is -2.41. The highest BCUT2D eigenvalue weighted by molar-refractivity contribution is 5.25. The summed E-state index contributed by atoms with van der Waals surface area (Å²) in [5, 5.41) is 8.77. The van der Waals surface area contributed by atoms with Crippen molar-refractivity contribution < 1.29 is 0 Å². The summed E-state index contributed by atoms with van der Waals surface area (Å²) < 4.78 is 1.49. The lowest BCUT2D eigenvalue weighted by Crippen LogP contribution is -2.22. The number of pyridine rings is 2. The van der Waals surface area contributed by atoms with Crippen LogP contribution in [-0.4, -0.2) is 9.55 Å². The SMILES string of the molecule is Cc1cccc(Cn2cccc(C#N)c2=O)n1. The first kappa shape index (κ1) is 11.1. The fraction of sp³-hybridized carbons (Fsp3) is 0.154. The molecule has 0 spiro atoms. The molecule has 4 nitrogen and oxygen atoms in total. The minimum absolute atomic E-state index is 0.153. The smallest absolute Gasteiger partial charge is 0.268 e. The van der Waals surface area contributed by atoms with Crippen LogP contribution in [-0.2, 0) is 6.54 Å². The zero-order valence-corrected chi connectivity index (χ0v) is 9.42. The van der Waals surface area contributed by atoms with Crippen LogP contribution in [0.15, 0.2) is 41.3 Å². The number of rotatable bonds is 2. The van der Waals surface area contributed by atoms with Crippen molar-refractivity contribution in [3.63, 3.8) is 0 Å². The molecule has 0 unspecified atom stereocenters. The minimum Gasteiger partial charge on any atom is -0.308 e. The van der Waals surface area contributed by atoms with Crippen LogP contribution >= 0.6 is 0 Å². The molecule has 4 heteroatoms. The standard InChI is InChI=1S/C13H11N3O/c1-10-4-2-6-12(15-10)9-16-7-3-5-11(8-14)13(16)17/h2-7H,9H2,1H3. The lowest BCUT2D eigenvalue weighted by molar-refractivity contribution is 0.734. The zero-order chi connectivity index (χ0) is 12.3. The number of aromatic nitrogens is 2. The first-order valence-corrected chi connectivity index (χ1v) is 5.23. The molecule has 84 valence electrons. The van der Waals surface area contributed by atoms with Gasteiger partial charge in [0, 0.05) is 11.9 Å². The van der Waals surface area contributed by atoms with Gasteiger partial charge >= 0.3 is 0 Å². The summed E-state index contributed by atoms with van der Waals surface area (Å²) in [4.78, 5) is 16.1. The Kier molecular flexibility index (Phi) is 3.01. The lowest BCUT2D eigenvalue weighted by atomic mass is 10.2. The first-order valence-electron chi connectivity index (χ1n) is 5.23. The summed E-state index contributed by atoms with van der Waals surface area (Å²) in [5.74, 6) is 0. The third kappa shape index (κ3) is 2.40. The molecule has 0 saturated heterocycles. The highest BCUT2D eigenvalue weighted by atomic mass is 16.1. The van der Waals surface area contributed by atoms with E-state index in [1.54, 1.807) is 12.3 Å². The lowest BCUT2D eigenvalue weighted by Gasteiger charge is -2.05. The molecule has 0 atom stereocenters. The quantitative estimate of drug-likeness (QED) is 0.777. The molecule has 0 N–H and O–H groups in total. The van der Waals surface area contributed by atoms with E-state index in [4.69, 9.17) is 5.26 Å². The van der Waals surface area contributed by atoms with E-state index >= 15 is 0 Å². The summed E-state index contributed by atoms with van der Waals surface area (Å²) >= 11 is 0. The van der Waals surface area contributed by atoms with Crippen molar-refractivity contribution in [3.05, 3.63) is 63.8 Å². The second-order valence-corrected chi connectivity index (χ2v) is 3.74. The summed E-state index contributed by atoms with van der Waals surface area (Å²) in [6.07, 6.45) is 1.66. The third-order valence-electron chi connectivity index (χ3n) is 2.42. The van der Waals surface area contributed by atoms with E-state index in [1.165, 1.54) is 10.6 Å². The van der Waals surface area contributed by atoms with Crippen molar-refractivity contribution in [1.29, 1.82) is 5.26 Å². The fourth-order valence-electron chi connectivity index (χ4n) is 1.61. The van der Waals surface area contributed by atoms with Gasteiger partial charge in [0.15, 0.2) is 0 Å². The summed E-state index contributed by atoms with van der Waals surface area (Å²) in [5.41, 5.74) is 1.59. The molecule has 0 amide bonds. The number of nitriles is 1. The van der Waals surface area contributed by atoms with Crippen molar-refractivity contribution in [3.8, 4) is 6.07 Å². The third-order valence-corrected chi connectivity index (χ3v) is 2.42. The molecule has 2 heterocycles. The number of hydrogen-bond acceptors (Lipinski definition) is 3. The summed E-state index contributed by atoms with van der Waals surface area (Å²) in [7, 11) is 0. The largest absolute Gasteiger partial charge is 0.308 e. The Morgan fingerprint density at radius 2 is 2.18 bits per heavy atom. The van der Waals surface area contributed by atoms with Crippen molar-refractivity contribution in [1.82, 2.24) is 9.55 Å². The van der Waals surface area contributed by atoms with Crippen molar-refractivity contribution in [2.75, 3.05) is 0 Å². The summed E-state index contributed by atoms with van der Waals surface area (Å²) in [6, 6.07) is 10.7. The summed E-state index contributed by atoms with van der Waals surface area (Å²) in [6.45, 7) is 2.29. The van der Waals surface area contributed by atoms with Gasteiger partial charge in [-0.3, -0.25) is 9.78 Å². The molecule has 0 aliphatic carbocycles. The molecule has 0 aliphatic heterocycles. The molecule has 0 bridgehead atoms. The van der Waals surface area contributed by atoms with Gasteiger partial charge in [0.1, 0.15) is 11.6 Å². The van der Waals surface area contributed by atoms with Crippen LogP contribution < -0.4 is 5.56 Å². The molecular formula is C13H11N3O. The highest BCUT2D eigenvalue weighted by Crippen LogP contribution is 2.00. The van der Waals surface area contributed by atoms with Crippen molar-refractivity contribution in [2.45, 2.75) is 13.5 Å². The van der Waals surface area contributed by atoms with Crippen LogP contribution in [0.5, 0.6) is 0 Å². The van der Waals surface area contributed by atoms with E-state index in [1.807, 2.05) is 31.2 Å². The van der Waals surface area contributed by atoms with Crippen LogP contribution in [0.3, 0.4) is 0 Å². The van der Waals surface area contributed by atoms with Crippen LogP contribution in [0.4, 0.5) is 0 Å². The Labute approximate surface area is 98.8 Å². The van der Waals surface area contributed by atoms with E-state index in [9.17, 15) is 4.79 Å². The van der Waals surface area contributed by atoms with E-state index < -0.39 is 0 Å². The topological polar surface area (TPSA) is 58.7 Å². The van der Waals surface area contributed by atoms with Gasteiger partial charge < -0.3 is 4.57 Å². The Morgan fingerprint density at radius 3 is 2.88 bits per heavy atom. The van der Waals surface area contributed by atoms with Gasteiger partial charge in [-0.15, -0.1) is 0 Å². The monoisotopic (exact) mass is 225 g/mol. The molecule has 0 radical (unpaired) electrons. The molecule has 0 aliphatic rings. The van der Waals surface area contributed by atoms with E-state index in [-0.39, 0.29) is 11.1 Å². The molecule has 2 aromatic heterocycles. The molecular weight excluding hydrogens is 214 g/mol. The maximum Gasteiger partial charge on any atom is 0.268 e. The van der Waals surface area contributed by atoms with Crippen molar-refractivity contribution in [2.24, 2.45) is 0 Å². The minimum atomic E-state index is -0.279. The van der Waals surface area contributed by atoms with Gasteiger partial charge in [-0.05, 0) is 31.2 Å². The predicted octanol–water partition coefficient (Wildman–Crippen LogP) is 1.47. The van der Waals surface area contributed by atoms with Gasteiger partial charge in [-0.25, -0.2) is 0 Å². The molecule has 2 aromatic rings. The predicted molar refractivity (Wildman–Crippen MR) is 63.5 cm³/mol. The maximum atomic E-state index is 11.8. The maximum absolute atomic E-state index is 11.8. The first-order chi connectivity index (χ1) is 8.20. The number of nitrogens with zero attached hydrogens (tertiary/aromatic N) is 3. The average molecular weight is 225 g/mol. The molecule has 0 aromatic carbocycles. The van der Waals surface area contributed by atoms with E-state index in [0.717, 1.165) is 11.4 Å². The van der Waals surface area contributed by atoms with Crippen molar-refractivity contribution >= 4 is 0 Å². The van der Waals surface area contributed by atoms with Gasteiger partial charge in [0.25, 0.3) is 5.56 Å². The number of hydrogen-bond donors (Lipinski definition) is 0. The number of aryl methyl sites for hydroxylation is 1. The molecule has 0 saturated carbocycles. The fourth-order valence-corrected chi connectivity index (χ4v) is 1.61. The second kappa shape index (κ2) is 4.62. The Morgan fingerprint density at radius 1 is 1.35 bits per heavy atom. The van der Waals surface area contributed by atoms with Crippen LogP contribution in [0, 0.1) is 18.3 Å². The Balaban J connectivity index is 2.38. The van der Waals surface area contributed by atoms with Gasteiger partial charge in [0.2, 0.25) is 0 Å². The Bertz CT molecular complexity index is 638. The van der Waals surface area contributed by atoms with Crippen LogP contribution in [0.2, 0.25) is 0 Å². The van der Waals surface area contributed by atoms with E-state index in [0.29, 0.717) is 6.54 Å². The molecule has 2 rings (SSSR count). The highest BCUT2D eigenvalue weighted by Gasteiger charge is 2.03. The van der Waals surface area contributed by atoms with Crippen LogP contribution in [0.25, 0.3) is 0 Å². The van der Waals surface area contributed by atoms with Crippen LogP contribution in [0.1, 0.15) is 17.0 Å². The molecule has 17 heavy (non-hydrogen) atoms.